The van der Waals surface area contributed by atoms with Crippen LogP contribution in [-0.2, 0) is 10.2 Å². The fourth-order valence-corrected chi connectivity index (χ4v) is 4.76. The minimum absolute atomic E-state index is 0. The second kappa shape index (κ2) is 6.82. The molecule has 23 heavy (non-hydrogen) atoms. The van der Waals surface area contributed by atoms with Gasteiger partial charge in [0.15, 0.2) is 0 Å². The van der Waals surface area contributed by atoms with Crippen molar-refractivity contribution in [2.75, 3.05) is 24.5 Å². The molecule has 2 heterocycles. The number of hydrogen-bond acceptors (Lipinski definition) is 2. The topological polar surface area (TPSA) is 32.3 Å². The molecule has 1 unspecified atom stereocenters. The zero-order valence-electron chi connectivity index (χ0n) is 13.7. The van der Waals surface area contributed by atoms with Crippen LogP contribution in [0.2, 0.25) is 0 Å². The predicted molar refractivity (Wildman–Crippen MR) is 96.4 cm³/mol. The fraction of sp³-hybridized carbons (Fsp3) is 0.632. The van der Waals surface area contributed by atoms with E-state index in [4.69, 9.17) is 0 Å². The van der Waals surface area contributed by atoms with Gasteiger partial charge < -0.3 is 10.2 Å². The first-order valence-corrected chi connectivity index (χ1v) is 8.89. The normalized spacial score (nSPS) is 24.7. The largest absolute Gasteiger partial charge is 0.316 e. The molecule has 1 atom stereocenters. The molecule has 1 aromatic rings. The third-order valence-corrected chi connectivity index (χ3v) is 6.02. The Morgan fingerprint density at radius 3 is 2.78 bits per heavy atom. The van der Waals surface area contributed by atoms with Crippen LogP contribution in [0.15, 0.2) is 24.3 Å². The van der Waals surface area contributed by atoms with Gasteiger partial charge in [0, 0.05) is 24.1 Å². The Balaban J connectivity index is 0.00000156. The number of carbonyl (C=O) groups excluding carboxylic acids is 1. The zero-order chi connectivity index (χ0) is 15.0. The van der Waals surface area contributed by atoms with Crippen molar-refractivity contribution in [3.8, 4) is 0 Å². The van der Waals surface area contributed by atoms with Crippen molar-refractivity contribution < 1.29 is 4.79 Å². The van der Waals surface area contributed by atoms with Gasteiger partial charge in [-0.2, -0.15) is 0 Å². The summed E-state index contributed by atoms with van der Waals surface area (Å²) in [5.41, 5.74) is 2.89. The highest BCUT2D eigenvalue weighted by Gasteiger charge is 2.45. The minimum atomic E-state index is 0. The van der Waals surface area contributed by atoms with Crippen molar-refractivity contribution in [3.05, 3.63) is 29.8 Å². The molecule has 1 amide bonds. The van der Waals surface area contributed by atoms with Crippen molar-refractivity contribution in [1.82, 2.24) is 5.32 Å². The molecule has 0 aromatic heterocycles. The van der Waals surface area contributed by atoms with Crippen LogP contribution in [0.25, 0.3) is 0 Å². The van der Waals surface area contributed by atoms with Crippen molar-refractivity contribution in [1.29, 1.82) is 0 Å². The molecule has 4 rings (SSSR count). The summed E-state index contributed by atoms with van der Waals surface area (Å²) in [7, 11) is 0. The Labute approximate surface area is 145 Å². The molecule has 1 aliphatic carbocycles. The van der Waals surface area contributed by atoms with Gasteiger partial charge in [0.2, 0.25) is 5.91 Å². The molecular formula is C19H27ClN2O. The maximum Gasteiger partial charge on any atom is 0.227 e. The molecule has 2 aliphatic heterocycles. The lowest BCUT2D eigenvalue weighted by atomic mass is 9.81. The van der Waals surface area contributed by atoms with Crippen LogP contribution in [0.1, 0.15) is 50.5 Å². The average Bonchev–Trinajstić information content (AvgIpc) is 3.28. The van der Waals surface area contributed by atoms with Gasteiger partial charge in [-0.25, -0.2) is 0 Å². The molecule has 3 nitrogen and oxygen atoms in total. The quantitative estimate of drug-likeness (QED) is 0.915. The third kappa shape index (κ3) is 3.01. The smallest absolute Gasteiger partial charge is 0.227 e. The molecule has 2 fully saturated rings. The van der Waals surface area contributed by atoms with Gasteiger partial charge in [-0.15, -0.1) is 12.4 Å². The molecule has 126 valence electrons. The molecule has 1 N–H and O–H groups in total. The van der Waals surface area contributed by atoms with Crippen molar-refractivity contribution in [2.24, 2.45) is 5.92 Å². The summed E-state index contributed by atoms with van der Waals surface area (Å²) in [5.74, 6) is 1.03. The van der Waals surface area contributed by atoms with Crippen LogP contribution in [0.5, 0.6) is 0 Å². The maximum absolute atomic E-state index is 12.8. The first kappa shape index (κ1) is 16.8. The molecule has 1 spiro atoms. The van der Waals surface area contributed by atoms with Crippen LogP contribution in [0, 0.1) is 5.92 Å². The number of para-hydroxylation sites is 1. The molecule has 3 aliphatic rings. The van der Waals surface area contributed by atoms with Gasteiger partial charge in [0.25, 0.3) is 0 Å². The standard InChI is InChI=1S/C19H26N2O.ClH/c22-18(8-7-15-9-12-20-13-15)21-14-19(10-3-4-11-19)16-5-1-2-6-17(16)21;/h1-2,5-6,15,20H,3-4,7-14H2;1H. The number of fused-ring (bicyclic) bond motifs is 2. The molecular weight excluding hydrogens is 308 g/mol. The molecule has 1 saturated carbocycles. The number of halogens is 1. The Morgan fingerprint density at radius 1 is 1.26 bits per heavy atom. The summed E-state index contributed by atoms with van der Waals surface area (Å²) < 4.78 is 0. The number of nitrogens with one attached hydrogen (secondary N) is 1. The highest BCUT2D eigenvalue weighted by atomic mass is 35.5. The third-order valence-electron chi connectivity index (χ3n) is 6.02. The Morgan fingerprint density at radius 2 is 2.04 bits per heavy atom. The maximum atomic E-state index is 12.8. The lowest BCUT2D eigenvalue weighted by molar-refractivity contribution is -0.118. The van der Waals surface area contributed by atoms with Gasteiger partial charge in [-0.3, -0.25) is 4.79 Å². The summed E-state index contributed by atoms with van der Waals surface area (Å²) in [4.78, 5) is 14.9. The monoisotopic (exact) mass is 334 g/mol. The molecule has 1 saturated heterocycles. The van der Waals surface area contributed by atoms with Crippen LogP contribution < -0.4 is 10.2 Å². The minimum Gasteiger partial charge on any atom is -0.316 e. The second-order valence-corrected chi connectivity index (χ2v) is 7.38. The van der Waals surface area contributed by atoms with E-state index in [1.807, 2.05) is 0 Å². The van der Waals surface area contributed by atoms with E-state index in [-0.39, 0.29) is 17.8 Å². The number of anilines is 1. The fourth-order valence-electron chi connectivity index (χ4n) is 4.76. The van der Waals surface area contributed by atoms with E-state index >= 15 is 0 Å². The highest BCUT2D eigenvalue weighted by molar-refractivity contribution is 5.96. The van der Waals surface area contributed by atoms with Gasteiger partial charge >= 0.3 is 0 Å². The summed E-state index contributed by atoms with van der Waals surface area (Å²) in [6.07, 6.45) is 8.09. The summed E-state index contributed by atoms with van der Waals surface area (Å²) in [6, 6.07) is 8.62. The molecule has 0 radical (unpaired) electrons. The first-order chi connectivity index (χ1) is 10.8. The number of rotatable bonds is 3. The van der Waals surface area contributed by atoms with Gasteiger partial charge in [0.1, 0.15) is 0 Å². The Kier molecular flexibility index (Phi) is 4.98. The molecule has 0 bridgehead atoms. The van der Waals surface area contributed by atoms with E-state index in [9.17, 15) is 4.79 Å². The van der Waals surface area contributed by atoms with Crippen LogP contribution in [0.3, 0.4) is 0 Å². The SMILES string of the molecule is Cl.O=C(CCC1CCNC1)N1CC2(CCCC2)c2ccccc21. The van der Waals surface area contributed by atoms with Crippen molar-refractivity contribution in [2.45, 2.75) is 50.4 Å². The van der Waals surface area contributed by atoms with E-state index in [1.54, 1.807) is 0 Å². The van der Waals surface area contributed by atoms with Crippen LogP contribution >= 0.6 is 12.4 Å². The lowest BCUT2D eigenvalue weighted by Gasteiger charge is -2.25. The number of hydrogen-bond donors (Lipinski definition) is 1. The van der Waals surface area contributed by atoms with Crippen LogP contribution in [-0.4, -0.2) is 25.5 Å². The van der Waals surface area contributed by atoms with Crippen molar-refractivity contribution >= 4 is 24.0 Å². The second-order valence-electron chi connectivity index (χ2n) is 7.38. The van der Waals surface area contributed by atoms with E-state index < -0.39 is 0 Å². The molecule has 1 aromatic carbocycles. The van der Waals surface area contributed by atoms with E-state index in [2.05, 4.69) is 34.5 Å². The summed E-state index contributed by atoms with van der Waals surface area (Å²) >= 11 is 0. The van der Waals surface area contributed by atoms with Gasteiger partial charge in [-0.1, -0.05) is 31.0 Å². The molecule has 4 heteroatoms. The van der Waals surface area contributed by atoms with E-state index in [1.165, 1.54) is 43.4 Å². The average molecular weight is 335 g/mol. The number of carbonyl (C=O) groups is 1. The van der Waals surface area contributed by atoms with Crippen molar-refractivity contribution in [3.63, 3.8) is 0 Å². The van der Waals surface area contributed by atoms with Gasteiger partial charge in [0.05, 0.1) is 0 Å². The number of amides is 1. The predicted octanol–water partition coefficient (Wildman–Crippen LogP) is 3.66. The highest BCUT2D eigenvalue weighted by Crippen LogP contribution is 2.50. The van der Waals surface area contributed by atoms with E-state index in [0.717, 1.165) is 26.1 Å². The number of nitrogens with zero attached hydrogens (tertiary/aromatic N) is 1. The first-order valence-electron chi connectivity index (χ1n) is 8.89. The summed E-state index contributed by atoms with van der Waals surface area (Å²) in [5, 5.41) is 3.40. The Bertz CT molecular complexity index is 562. The lowest BCUT2D eigenvalue weighted by Crippen LogP contribution is -2.35. The summed E-state index contributed by atoms with van der Waals surface area (Å²) in [6.45, 7) is 3.14. The number of benzene rings is 1. The zero-order valence-corrected chi connectivity index (χ0v) is 14.5. The van der Waals surface area contributed by atoms with Crippen LogP contribution in [0.4, 0.5) is 5.69 Å². The van der Waals surface area contributed by atoms with E-state index in [0.29, 0.717) is 18.2 Å². The Hall–Kier alpha value is -1.06. The van der Waals surface area contributed by atoms with Gasteiger partial charge in [-0.05, 0) is 56.3 Å².